The third-order valence-electron chi connectivity index (χ3n) is 5.50. The first-order valence-electron chi connectivity index (χ1n) is 9.18. The van der Waals surface area contributed by atoms with Crippen molar-refractivity contribution in [3.8, 4) is 0 Å². The van der Waals surface area contributed by atoms with E-state index in [1.165, 1.54) is 0 Å². The number of nitrogens with zero attached hydrogens (tertiary/aromatic N) is 4. The van der Waals surface area contributed by atoms with Crippen LogP contribution in [0.5, 0.6) is 0 Å². The summed E-state index contributed by atoms with van der Waals surface area (Å²) in [6, 6.07) is 6.03. The molecular weight excluding hydrogens is 330 g/mol. The number of aromatic nitrogens is 3. The number of ether oxygens (including phenoxy) is 1. The van der Waals surface area contributed by atoms with Gasteiger partial charge in [0.25, 0.3) is 5.91 Å². The molecule has 7 nitrogen and oxygen atoms in total. The van der Waals surface area contributed by atoms with E-state index in [0.29, 0.717) is 18.3 Å². The number of likely N-dealkylation sites (tertiary alicyclic amines) is 1. The van der Waals surface area contributed by atoms with Crippen LogP contribution in [0, 0.1) is 5.92 Å². The maximum absolute atomic E-state index is 12.2. The molecule has 7 heteroatoms. The van der Waals surface area contributed by atoms with E-state index in [1.807, 2.05) is 25.4 Å². The van der Waals surface area contributed by atoms with Gasteiger partial charge in [0.05, 0.1) is 11.3 Å². The van der Waals surface area contributed by atoms with Crippen molar-refractivity contribution in [2.75, 3.05) is 26.2 Å². The standard InChI is InChI=1S/C19H25N5O2/c1-23-10-9-21-17(23)18(25)22-8-5-15-6-11-26-19(15)13-24(14-19)12-16-4-2-3-7-20-16/h2-4,7,9-10,15H,5-6,8,11-14H2,1H3,(H,22,25)/t15-/m0/s1. The fourth-order valence-electron chi connectivity index (χ4n) is 4.11. The minimum absolute atomic E-state index is 0.0390. The summed E-state index contributed by atoms with van der Waals surface area (Å²) in [5, 5.41) is 2.99. The van der Waals surface area contributed by atoms with Gasteiger partial charge in [-0.25, -0.2) is 4.98 Å². The van der Waals surface area contributed by atoms with E-state index < -0.39 is 0 Å². The van der Waals surface area contributed by atoms with Crippen LogP contribution in [-0.4, -0.2) is 57.2 Å². The van der Waals surface area contributed by atoms with Crippen molar-refractivity contribution in [2.45, 2.75) is 25.0 Å². The number of pyridine rings is 1. The lowest BCUT2D eigenvalue weighted by Crippen LogP contribution is -2.64. The van der Waals surface area contributed by atoms with E-state index >= 15 is 0 Å². The number of hydrogen-bond donors (Lipinski definition) is 1. The van der Waals surface area contributed by atoms with Gasteiger partial charge in [-0.3, -0.25) is 14.7 Å². The average Bonchev–Trinajstić information content (AvgIpc) is 3.22. The Morgan fingerprint density at radius 2 is 2.23 bits per heavy atom. The number of aryl methyl sites for hydroxylation is 1. The van der Waals surface area contributed by atoms with Gasteiger partial charge in [-0.15, -0.1) is 0 Å². The number of rotatable bonds is 6. The molecule has 4 rings (SSSR count). The first-order chi connectivity index (χ1) is 12.7. The van der Waals surface area contributed by atoms with Crippen LogP contribution in [0.3, 0.4) is 0 Å². The zero-order valence-corrected chi connectivity index (χ0v) is 15.1. The smallest absolute Gasteiger partial charge is 0.287 e. The summed E-state index contributed by atoms with van der Waals surface area (Å²) in [5.74, 6) is 0.826. The molecule has 0 radical (unpaired) electrons. The van der Waals surface area contributed by atoms with Crippen LogP contribution in [-0.2, 0) is 18.3 Å². The van der Waals surface area contributed by atoms with Crippen molar-refractivity contribution in [3.05, 3.63) is 48.3 Å². The minimum atomic E-state index is -0.115. The van der Waals surface area contributed by atoms with E-state index in [4.69, 9.17) is 4.74 Å². The monoisotopic (exact) mass is 355 g/mol. The molecule has 138 valence electrons. The second kappa shape index (κ2) is 7.17. The fraction of sp³-hybridized carbons (Fsp3) is 0.526. The maximum Gasteiger partial charge on any atom is 0.287 e. The maximum atomic E-state index is 12.2. The van der Waals surface area contributed by atoms with E-state index in [9.17, 15) is 4.79 Å². The van der Waals surface area contributed by atoms with Crippen molar-refractivity contribution < 1.29 is 9.53 Å². The van der Waals surface area contributed by atoms with Crippen LogP contribution in [0.25, 0.3) is 0 Å². The zero-order chi connectivity index (χ0) is 18.0. The first kappa shape index (κ1) is 17.2. The summed E-state index contributed by atoms with van der Waals surface area (Å²) in [6.45, 7) is 4.23. The highest BCUT2D eigenvalue weighted by Crippen LogP contribution is 2.41. The van der Waals surface area contributed by atoms with Crippen molar-refractivity contribution in [1.82, 2.24) is 24.8 Å². The third-order valence-corrected chi connectivity index (χ3v) is 5.50. The van der Waals surface area contributed by atoms with Gasteiger partial charge in [0, 0.05) is 58.4 Å². The third kappa shape index (κ3) is 3.37. The Balaban J connectivity index is 1.26. The molecule has 0 saturated carbocycles. The lowest BCUT2D eigenvalue weighted by atomic mass is 9.79. The lowest BCUT2D eigenvalue weighted by molar-refractivity contribution is -0.137. The number of carbonyl (C=O) groups is 1. The molecule has 1 N–H and O–H groups in total. The quantitative estimate of drug-likeness (QED) is 0.844. The average molecular weight is 355 g/mol. The van der Waals surface area contributed by atoms with E-state index in [2.05, 4.69) is 26.3 Å². The summed E-state index contributed by atoms with van der Waals surface area (Å²) in [4.78, 5) is 23.0. The Labute approximate surface area is 153 Å². The summed E-state index contributed by atoms with van der Waals surface area (Å²) >= 11 is 0. The lowest BCUT2D eigenvalue weighted by Gasteiger charge is -2.50. The second-order valence-corrected chi connectivity index (χ2v) is 7.27. The molecular formula is C19H25N5O2. The van der Waals surface area contributed by atoms with Crippen molar-refractivity contribution in [3.63, 3.8) is 0 Å². The fourth-order valence-corrected chi connectivity index (χ4v) is 4.11. The molecule has 0 aliphatic carbocycles. The van der Waals surface area contributed by atoms with Crippen molar-refractivity contribution in [2.24, 2.45) is 13.0 Å². The number of nitrogens with one attached hydrogen (secondary N) is 1. The Morgan fingerprint density at radius 3 is 2.96 bits per heavy atom. The van der Waals surface area contributed by atoms with Gasteiger partial charge in [0.2, 0.25) is 0 Å². The van der Waals surface area contributed by atoms with Gasteiger partial charge in [0.1, 0.15) is 0 Å². The Kier molecular flexibility index (Phi) is 4.74. The Hall–Kier alpha value is -2.25. The molecule has 0 unspecified atom stereocenters. The van der Waals surface area contributed by atoms with E-state index in [0.717, 1.165) is 44.8 Å². The summed E-state index contributed by atoms with van der Waals surface area (Å²) in [7, 11) is 1.83. The SMILES string of the molecule is Cn1ccnc1C(=O)NCC[C@H]1CCOC12CN(Cc1ccccn1)C2. The highest BCUT2D eigenvalue weighted by Gasteiger charge is 2.52. The molecule has 2 aliphatic rings. The first-order valence-corrected chi connectivity index (χ1v) is 9.18. The van der Waals surface area contributed by atoms with E-state index in [-0.39, 0.29) is 11.5 Å². The predicted molar refractivity (Wildman–Crippen MR) is 96.5 cm³/mol. The van der Waals surface area contributed by atoms with Crippen LogP contribution in [0.1, 0.15) is 29.2 Å². The molecule has 2 aliphatic heterocycles. The highest BCUT2D eigenvalue weighted by molar-refractivity contribution is 5.90. The number of imidazole rings is 1. The van der Waals surface area contributed by atoms with Crippen LogP contribution in [0.15, 0.2) is 36.8 Å². The van der Waals surface area contributed by atoms with E-state index in [1.54, 1.807) is 17.0 Å². The number of hydrogen-bond acceptors (Lipinski definition) is 5. The normalized spacial score (nSPS) is 21.7. The molecule has 2 fully saturated rings. The molecule has 2 aromatic rings. The predicted octanol–water partition coefficient (Wildman–Crippen LogP) is 1.23. The van der Waals surface area contributed by atoms with Crippen LogP contribution in [0.2, 0.25) is 0 Å². The minimum Gasteiger partial charge on any atom is -0.372 e. The topological polar surface area (TPSA) is 72.3 Å². The Bertz CT molecular complexity index is 754. The van der Waals surface area contributed by atoms with Crippen LogP contribution in [0.4, 0.5) is 0 Å². The molecule has 2 saturated heterocycles. The molecule has 0 bridgehead atoms. The number of amides is 1. The molecule has 2 aromatic heterocycles. The second-order valence-electron chi connectivity index (χ2n) is 7.27. The van der Waals surface area contributed by atoms with Gasteiger partial charge < -0.3 is 14.6 Å². The number of carbonyl (C=O) groups excluding carboxylic acids is 1. The van der Waals surface area contributed by atoms with Gasteiger partial charge >= 0.3 is 0 Å². The Morgan fingerprint density at radius 1 is 1.35 bits per heavy atom. The molecule has 1 amide bonds. The van der Waals surface area contributed by atoms with Gasteiger partial charge in [0.15, 0.2) is 5.82 Å². The summed E-state index contributed by atoms with van der Waals surface area (Å²) in [6.07, 6.45) is 7.26. The summed E-state index contributed by atoms with van der Waals surface area (Å²) < 4.78 is 7.85. The van der Waals surface area contributed by atoms with Crippen molar-refractivity contribution >= 4 is 5.91 Å². The van der Waals surface area contributed by atoms with Gasteiger partial charge in [-0.2, -0.15) is 0 Å². The van der Waals surface area contributed by atoms with Crippen molar-refractivity contribution in [1.29, 1.82) is 0 Å². The highest BCUT2D eigenvalue weighted by atomic mass is 16.5. The van der Waals surface area contributed by atoms with Gasteiger partial charge in [-0.1, -0.05) is 6.07 Å². The largest absolute Gasteiger partial charge is 0.372 e. The summed E-state index contributed by atoms with van der Waals surface area (Å²) in [5.41, 5.74) is 1.06. The molecule has 4 heterocycles. The molecule has 1 spiro atoms. The molecule has 26 heavy (non-hydrogen) atoms. The zero-order valence-electron chi connectivity index (χ0n) is 15.1. The molecule has 1 atom stereocenters. The van der Waals surface area contributed by atoms with Crippen LogP contribution < -0.4 is 5.32 Å². The van der Waals surface area contributed by atoms with Crippen LogP contribution >= 0.6 is 0 Å². The molecule has 0 aromatic carbocycles. The van der Waals surface area contributed by atoms with Gasteiger partial charge in [-0.05, 0) is 30.9 Å².